The summed E-state index contributed by atoms with van der Waals surface area (Å²) in [6.45, 7) is 4.01. The highest BCUT2D eigenvalue weighted by atomic mass is 79.9. The van der Waals surface area contributed by atoms with Gasteiger partial charge < -0.3 is 10.1 Å². The van der Waals surface area contributed by atoms with Gasteiger partial charge in [-0.1, -0.05) is 29.8 Å². The molecule has 1 aromatic carbocycles. The normalized spacial score (nSPS) is 12.1. The van der Waals surface area contributed by atoms with Crippen molar-refractivity contribution in [1.82, 2.24) is 5.32 Å². The lowest BCUT2D eigenvalue weighted by Gasteiger charge is -2.20. The minimum Gasteiger partial charge on any atom is -0.490 e. The topological polar surface area (TPSA) is 81.5 Å². The van der Waals surface area contributed by atoms with Crippen LogP contribution in [0.15, 0.2) is 18.2 Å². The number of ether oxygens (including phenoxy) is 1. The van der Waals surface area contributed by atoms with Crippen molar-refractivity contribution >= 4 is 27.5 Å². The van der Waals surface area contributed by atoms with Gasteiger partial charge >= 0.3 is 5.69 Å². The number of nitrogens with zero attached hydrogens (tertiary/aromatic N) is 1. The number of hydrogen-bond acceptors (Lipinski definition) is 4. The number of carbonyl (C=O) groups excluding carboxylic acids is 1. The Hall–Kier alpha value is -1.63. The van der Waals surface area contributed by atoms with E-state index in [0.29, 0.717) is 10.9 Å². The molecule has 1 rings (SSSR count). The fourth-order valence-corrected chi connectivity index (χ4v) is 2.51. The van der Waals surface area contributed by atoms with Gasteiger partial charge in [0.1, 0.15) is 0 Å². The van der Waals surface area contributed by atoms with Crippen molar-refractivity contribution < 1.29 is 14.5 Å². The average molecular weight is 345 g/mol. The predicted molar refractivity (Wildman–Crippen MR) is 79.5 cm³/mol. The minimum absolute atomic E-state index is 0.0105. The number of nitro benzene ring substituents is 1. The van der Waals surface area contributed by atoms with Crippen molar-refractivity contribution in [3.05, 3.63) is 33.9 Å². The summed E-state index contributed by atoms with van der Waals surface area (Å²) in [6.07, 6.45) is 0. The Labute approximate surface area is 125 Å². The zero-order valence-electron chi connectivity index (χ0n) is 11.6. The van der Waals surface area contributed by atoms with Crippen molar-refractivity contribution in [2.45, 2.75) is 19.9 Å². The van der Waals surface area contributed by atoms with Gasteiger partial charge in [-0.05, 0) is 12.0 Å². The molecule has 0 spiro atoms. The van der Waals surface area contributed by atoms with E-state index in [-0.39, 0.29) is 29.3 Å². The third-order valence-corrected chi connectivity index (χ3v) is 3.62. The monoisotopic (exact) mass is 344 g/mol. The van der Waals surface area contributed by atoms with Gasteiger partial charge in [0.15, 0.2) is 5.75 Å². The zero-order valence-corrected chi connectivity index (χ0v) is 13.1. The number of hydrogen-bond donors (Lipinski definition) is 1. The van der Waals surface area contributed by atoms with Crippen LogP contribution in [0.2, 0.25) is 0 Å². The van der Waals surface area contributed by atoms with E-state index in [4.69, 9.17) is 4.74 Å². The highest BCUT2D eigenvalue weighted by Crippen LogP contribution is 2.27. The third kappa shape index (κ3) is 3.93. The van der Waals surface area contributed by atoms with Crippen LogP contribution in [-0.4, -0.2) is 29.3 Å². The van der Waals surface area contributed by atoms with E-state index in [1.165, 1.54) is 25.3 Å². The summed E-state index contributed by atoms with van der Waals surface area (Å²) >= 11 is 3.35. The van der Waals surface area contributed by atoms with Crippen LogP contribution in [0.4, 0.5) is 5.69 Å². The standard InChI is InChI=1S/C13H17BrN2O4/c1-8(2)10(7-14)15-13(17)9-4-5-11(16(18)19)12(6-9)20-3/h4-6,8,10H,7H2,1-3H3,(H,15,17). The number of carbonyl (C=O) groups is 1. The molecule has 0 aliphatic rings. The summed E-state index contributed by atoms with van der Waals surface area (Å²) in [5.41, 5.74) is 0.170. The Kier molecular flexibility index (Phi) is 5.94. The molecule has 20 heavy (non-hydrogen) atoms. The summed E-state index contributed by atoms with van der Waals surface area (Å²) < 4.78 is 4.95. The number of rotatable bonds is 6. The Bertz CT molecular complexity index is 505. The quantitative estimate of drug-likeness (QED) is 0.488. The summed E-state index contributed by atoms with van der Waals surface area (Å²) in [5, 5.41) is 14.3. The van der Waals surface area contributed by atoms with Gasteiger partial charge in [-0.2, -0.15) is 0 Å². The molecule has 6 nitrogen and oxygen atoms in total. The number of halogens is 1. The molecule has 0 saturated heterocycles. The first-order valence-electron chi connectivity index (χ1n) is 6.10. The van der Waals surface area contributed by atoms with Crippen LogP contribution < -0.4 is 10.1 Å². The fraction of sp³-hybridized carbons (Fsp3) is 0.462. The molecule has 7 heteroatoms. The zero-order chi connectivity index (χ0) is 15.3. The van der Waals surface area contributed by atoms with Crippen molar-refractivity contribution in [1.29, 1.82) is 0 Å². The highest BCUT2D eigenvalue weighted by Gasteiger charge is 2.20. The molecule has 110 valence electrons. The molecule has 1 amide bonds. The fourth-order valence-electron chi connectivity index (χ4n) is 1.60. The number of nitrogens with one attached hydrogen (secondary N) is 1. The molecule has 1 unspecified atom stereocenters. The molecule has 0 aliphatic carbocycles. The molecule has 0 heterocycles. The average Bonchev–Trinajstić information content (AvgIpc) is 2.43. The van der Waals surface area contributed by atoms with E-state index in [2.05, 4.69) is 21.2 Å². The maximum absolute atomic E-state index is 12.1. The number of amides is 1. The number of benzene rings is 1. The van der Waals surface area contributed by atoms with Gasteiger partial charge in [0.05, 0.1) is 12.0 Å². The van der Waals surface area contributed by atoms with Crippen LogP contribution in [0, 0.1) is 16.0 Å². The van der Waals surface area contributed by atoms with E-state index in [9.17, 15) is 14.9 Å². The van der Waals surface area contributed by atoms with Crippen molar-refractivity contribution in [3.63, 3.8) is 0 Å². The van der Waals surface area contributed by atoms with Crippen molar-refractivity contribution in [2.24, 2.45) is 5.92 Å². The third-order valence-electron chi connectivity index (χ3n) is 2.93. The molecule has 1 atom stereocenters. The lowest BCUT2D eigenvalue weighted by atomic mass is 10.1. The molecule has 0 aromatic heterocycles. The molecule has 0 radical (unpaired) electrons. The Morgan fingerprint density at radius 2 is 2.15 bits per heavy atom. The van der Waals surface area contributed by atoms with Gasteiger partial charge in [0.2, 0.25) is 0 Å². The van der Waals surface area contributed by atoms with E-state index in [1.807, 2.05) is 13.8 Å². The first-order chi connectivity index (χ1) is 9.40. The molecule has 0 saturated carbocycles. The minimum atomic E-state index is -0.546. The first-order valence-corrected chi connectivity index (χ1v) is 7.22. The Morgan fingerprint density at radius 1 is 1.50 bits per heavy atom. The van der Waals surface area contributed by atoms with Crippen molar-refractivity contribution in [3.8, 4) is 5.75 Å². The molecule has 0 fully saturated rings. The second kappa shape index (κ2) is 7.23. The molecule has 1 aromatic rings. The van der Waals surface area contributed by atoms with Crippen LogP contribution in [0.5, 0.6) is 5.75 Å². The molecule has 0 bridgehead atoms. The molecule has 1 N–H and O–H groups in total. The molecular formula is C13H17BrN2O4. The van der Waals surface area contributed by atoms with Gasteiger partial charge in [-0.25, -0.2) is 0 Å². The first kappa shape index (κ1) is 16.4. The second-order valence-electron chi connectivity index (χ2n) is 4.62. The number of methoxy groups -OCH3 is 1. The highest BCUT2D eigenvalue weighted by molar-refractivity contribution is 9.09. The number of alkyl halides is 1. The second-order valence-corrected chi connectivity index (χ2v) is 5.27. The van der Waals surface area contributed by atoms with Crippen LogP contribution >= 0.6 is 15.9 Å². The van der Waals surface area contributed by atoms with E-state index >= 15 is 0 Å². The summed E-state index contributed by atoms with van der Waals surface area (Å²) in [4.78, 5) is 22.4. The van der Waals surface area contributed by atoms with Gasteiger partial charge in [-0.15, -0.1) is 0 Å². The number of nitro groups is 1. The van der Waals surface area contributed by atoms with E-state index < -0.39 is 4.92 Å². The SMILES string of the molecule is COc1cc(C(=O)NC(CBr)C(C)C)ccc1[N+](=O)[O-]. The lowest BCUT2D eigenvalue weighted by Crippen LogP contribution is -2.39. The van der Waals surface area contributed by atoms with Crippen LogP contribution in [0.1, 0.15) is 24.2 Å². The lowest BCUT2D eigenvalue weighted by molar-refractivity contribution is -0.385. The van der Waals surface area contributed by atoms with Gasteiger partial charge in [-0.3, -0.25) is 14.9 Å². The Morgan fingerprint density at radius 3 is 2.60 bits per heavy atom. The van der Waals surface area contributed by atoms with Gasteiger partial charge in [0, 0.05) is 29.1 Å². The van der Waals surface area contributed by atoms with Crippen LogP contribution in [0.3, 0.4) is 0 Å². The maximum atomic E-state index is 12.1. The Balaban J connectivity index is 2.97. The summed E-state index contributed by atoms with van der Waals surface area (Å²) in [6, 6.07) is 4.05. The van der Waals surface area contributed by atoms with Crippen LogP contribution in [-0.2, 0) is 0 Å². The van der Waals surface area contributed by atoms with Gasteiger partial charge in [0.25, 0.3) is 5.91 Å². The summed E-state index contributed by atoms with van der Waals surface area (Å²) in [5.74, 6) is 0.0669. The van der Waals surface area contributed by atoms with E-state index in [0.717, 1.165) is 0 Å². The van der Waals surface area contributed by atoms with Crippen molar-refractivity contribution in [2.75, 3.05) is 12.4 Å². The molecular weight excluding hydrogens is 328 g/mol. The smallest absolute Gasteiger partial charge is 0.310 e. The predicted octanol–water partition coefficient (Wildman–Crippen LogP) is 2.75. The van der Waals surface area contributed by atoms with E-state index in [1.54, 1.807) is 0 Å². The van der Waals surface area contributed by atoms with Crippen LogP contribution in [0.25, 0.3) is 0 Å². The molecule has 0 aliphatic heterocycles. The largest absolute Gasteiger partial charge is 0.490 e. The maximum Gasteiger partial charge on any atom is 0.310 e. The summed E-state index contributed by atoms with van der Waals surface area (Å²) in [7, 11) is 1.33.